The van der Waals surface area contributed by atoms with Crippen molar-refractivity contribution in [1.29, 1.82) is 0 Å². The van der Waals surface area contributed by atoms with Crippen LogP contribution in [0.2, 0.25) is 0 Å². The molecule has 0 aromatic heterocycles. The van der Waals surface area contributed by atoms with Crippen molar-refractivity contribution in [2.24, 2.45) is 0 Å². The van der Waals surface area contributed by atoms with E-state index >= 15 is 0 Å². The predicted octanol–water partition coefficient (Wildman–Crippen LogP) is -4.34. The molecule has 0 bridgehead atoms. The molecule has 0 saturated carbocycles. The smallest absolute Gasteiger partial charge is 0.759 e. The zero-order valence-electron chi connectivity index (χ0n) is 3.69. The minimum Gasteiger partial charge on any atom is -0.759 e. The van der Waals surface area contributed by atoms with E-state index < -0.39 is 10.4 Å². The van der Waals surface area contributed by atoms with Crippen LogP contribution in [0.5, 0.6) is 0 Å². The summed E-state index contributed by atoms with van der Waals surface area (Å²) in [7, 11) is -5.17. The van der Waals surface area contributed by atoms with E-state index in [0.717, 1.165) is 0 Å². The molecule has 0 amide bonds. The van der Waals surface area contributed by atoms with Crippen LogP contribution in [0.15, 0.2) is 0 Å². The van der Waals surface area contributed by atoms with Gasteiger partial charge in [0.1, 0.15) is 0 Å². The van der Waals surface area contributed by atoms with Gasteiger partial charge in [0.2, 0.25) is 0 Å². The molecule has 0 N–H and O–H groups in total. The summed E-state index contributed by atoms with van der Waals surface area (Å²) >= 11 is 0. The Kier molecular flexibility index (Phi) is 26.7. The van der Waals surface area contributed by atoms with E-state index in [1.165, 1.54) is 0 Å². The van der Waals surface area contributed by atoms with Gasteiger partial charge in [-0.25, -0.2) is 0 Å². The van der Waals surface area contributed by atoms with Crippen molar-refractivity contribution in [3.8, 4) is 0 Å². The summed E-state index contributed by atoms with van der Waals surface area (Å²) in [4.78, 5) is 0. The van der Waals surface area contributed by atoms with E-state index in [-0.39, 0.29) is 84.7 Å². The van der Waals surface area contributed by atoms with Gasteiger partial charge in [-0.15, -0.1) is 0 Å². The molecule has 1 radical (unpaired) electrons. The molecular weight excluding hydrogens is 253 g/mol. The second kappa shape index (κ2) is 9.51. The molecule has 47 valence electrons. The van der Waals surface area contributed by atoms with Crippen LogP contribution < -0.4 is 51.4 Å². The van der Waals surface area contributed by atoms with Crippen LogP contribution in [0.25, 0.3) is 0 Å². The van der Waals surface area contributed by atoms with Gasteiger partial charge >= 0.3 is 84.7 Å². The van der Waals surface area contributed by atoms with Crippen molar-refractivity contribution in [2.75, 3.05) is 0 Å². The van der Waals surface area contributed by atoms with E-state index in [2.05, 4.69) is 0 Å². The summed E-state index contributed by atoms with van der Waals surface area (Å²) in [6.45, 7) is 0. The van der Waals surface area contributed by atoms with Crippen LogP contribution in [0.4, 0.5) is 0 Å². The normalized spacial score (nSPS) is 7.25. The Hall–Kier alpha value is 2.51. The van der Waals surface area contributed by atoms with Gasteiger partial charge in [0.25, 0.3) is 0 Å². The summed E-state index contributed by atoms with van der Waals surface area (Å²) in [5.41, 5.74) is 0. The Morgan fingerprint density at radius 3 is 1.12 bits per heavy atom. The molecule has 0 rings (SSSR count). The summed E-state index contributed by atoms with van der Waals surface area (Å²) in [5, 5.41) is 0. The van der Waals surface area contributed by atoms with Crippen molar-refractivity contribution in [3.63, 3.8) is 0 Å². The molecule has 0 unspecified atom stereocenters. The van der Waals surface area contributed by atoms with Crippen LogP contribution in [0.3, 0.4) is 0 Å². The molecule has 0 heterocycles. The fraction of sp³-hybridized carbons (Fsp3) is 0. The summed E-state index contributed by atoms with van der Waals surface area (Å²) in [5.74, 6) is 0. The second-order valence-electron chi connectivity index (χ2n) is 0.408. The summed E-state index contributed by atoms with van der Waals surface area (Å²) in [6, 6.07) is 0. The molecule has 0 aliphatic heterocycles. The minimum absolute atomic E-state index is 0. The SMILES string of the molecule is O=S(=O)([O-])[O-].[Co+2].[K+].[Ni+2]. The van der Waals surface area contributed by atoms with E-state index in [4.69, 9.17) is 17.5 Å². The first-order valence-corrected chi connectivity index (χ1v) is 2.00. The standard InChI is InChI=1S/Co.K.Ni.H2O4S/c;;;1-5(2,3)4/h;;;(H2,1,2,3,4)/q+2;+1;+2;/p-2. The summed E-state index contributed by atoms with van der Waals surface area (Å²) < 4.78 is 34.1. The van der Waals surface area contributed by atoms with E-state index in [1.54, 1.807) is 0 Å². The van der Waals surface area contributed by atoms with Crippen molar-refractivity contribution in [3.05, 3.63) is 0 Å². The van der Waals surface area contributed by atoms with E-state index in [0.29, 0.717) is 0 Å². The first-order valence-electron chi connectivity index (χ1n) is 0.667. The molecule has 0 atom stereocenters. The Labute approximate surface area is 110 Å². The first kappa shape index (κ1) is 22.4. The molecule has 0 fully saturated rings. The molecule has 0 aliphatic rings. The van der Waals surface area contributed by atoms with Crippen LogP contribution in [0.1, 0.15) is 0 Å². The van der Waals surface area contributed by atoms with Gasteiger partial charge < -0.3 is 9.11 Å². The van der Waals surface area contributed by atoms with Crippen molar-refractivity contribution in [2.45, 2.75) is 0 Å². The van der Waals surface area contributed by atoms with Crippen molar-refractivity contribution >= 4 is 10.4 Å². The third-order valence-corrected chi connectivity index (χ3v) is 0. The van der Waals surface area contributed by atoms with E-state index in [9.17, 15) is 0 Å². The molecule has 0 aromatic rings. The molecule has 0 aromatic carbocycles. The maximum Gasteiger partial charge on any atom is 2.00 e. The third-order valence-electron chi connectivity index (χ3n) is 0. The van der Waals surface area contributed by atoms with Crippen LogP contribution in [0, 0.1) is 0 Å². The average molecular weight is 253 g/mol. The maximum atomic E-state index is 8.52. The fourth-order valence-corrected chi connectivity index (χ4v) is 0. The average Bonchev–Trinajstić information content (AvgIpc) is 0.722. The largest absolute Gasteiger partial charge is 2.00 e. The zero-order valence-corrected chi connectivity index (χ0v) is 9.66. The third kappa shape index (κ3) is 76.3. The van der Waals surface area contributed by atoms with Gasteiger partial charge in [0.05, 0.1) is 0 Å². The molecule has 0 saturated heterocycles. The molecule has 8 heavy (non-hydrogen) atoms. The number of hydrogen-bond acceptors (Lipinski definition) is 4. The van der Waals surface area contributed by atoms with E-state index in [1.807, 2.05) is 0 Å². The Balaban J connectivity index is -0.0000000267. The Morgan fingerprint density at radius 1 is 1.12 bits per heavy atom. The summed E-state index contributed by atoms with van der Waals surface area (Å²) in [6.07, 6.45) is 0. The molecule has 0 aliphatic carbocycles. The monoisotopic (exact) mass is 252 g/mol. The van der Waals surface area contributed by atoms with Crippen LogP contribution >= 0.6 is 0 Å². The first-order chi connectivity index (χ1) is 2.00. The van der Waals surface area contributed by atoms with Gasteiger partial charge in [0, 0.05) is 10.4 Å². The van der Waals surface area contributed by atoms with Crippen molar-refractivity contribution < 1.29 is 102 Å². The molecular formula is CoKNiO4S+3. The topological polar surface area (TPSA) is 80.3 Å². The zero-order chi connectivity index (χ0) is 4.50. The number of rotatable bonds is 0. The fourth-order valence-electron chi connectivity index (χ4n) is 0. The maximum absolute atomic E-state index is 8.52. The predicted molar refractivity (Wildman–Crippen MR) is 10.5 cm³/mol. The van der Waals surface area contributed by atoms with Gasteiger partial charge in [-0.2, -0.15) is 0 Å². The second-order valence-corrected chi connectivity index (χ2v) is 1.22. The van der Waals surface area contributed by atoms with Crippen molar-refractivity contribution in [1.82, 2.24) is 0 Å². The minimum atomic E-state index is -5.17. The Morgan fingerprint density at radius 2 is 1.12 bits per heavy atom. The quantitative estimate of drug-likeness (QED) is 0.248. The van der Waals surface area contributed by atoms with Gasteiger partial charge in [-0.1, -0.05) is 0 Å². The van der Waals surface area contributed by atoms with Crippen LogP contribution in [-0.4, -0.2) is 17.5 Å². The molecule has 8 heteroatoms. The Bertz CT molecular complexity index is 99.2. The van der Waals surface area contributed by atoms with Gasteiger partial charge in [-0.3, -0.25) is 8.42 Å². The van der Waals surface area contributed by atoms with Crippen LogP contribution in [-0.2, 0) is 43.7 Å². The molecule has 4 nitrogen and oxygen atoms in total. The molecule has 0 spiro atoms. The number of hydrogen-bond donors (Lipinski definition) is 0. The van der Waals surface area contributed by atoms with Gasteiger partial charge in [-0.05, 0) is 0 Å². The van der Waals surface area contributed by atoms with Gasteiger partial charge in [0.15, 0.2) is 0 Å².